The van der Waals surface area contributed by atoms with Crippen molar-refractivity contribution in [2.24, 2.45) is 5.73 Å². The van der Waals surface area contributed by atoms with Gasteiger partial charge in [-0.3, -0.25) is 4.79 Å². The molecule has 1 aromatic rings. The van der Waals surface area contributed by atoms with E-state index in [0.717, 1.165) is 21.7 Å². The van der Waals surface area contributed by atoms with E-state index >= 15 is 0 Å². The van der Waals surface area contributed by atoms with Gasteiger partial charge in [0.05, 0.1) is 17.1 Å². The molecule has 2 rings (SSSR count). The number of nitrogens with zero attached hydrogens (tertiary/aromatic N) is 1. The number of ether oxygens (including phenoxy) is 2. The molecular formula is C23H33BN2O4S. The Kier molecular flexibility index (Phi) is 9.71. The van der Waals surface area contributed by atoms with Gasteiger partial charge in [-0.1, -0.05) is 37.6 Å². The van der Waals surface area contributed by atoms with Crippen LogP contribution >= 0.6 is 11.3 Å². The lowest BCUT2D eigenvalue weighted by molar-refractivity contribution is -0.148. The van der Waals surface area contributed by atoms with Crippen LogP contribution < -0.4 is 5.73 Å². The molecule has 0 fully saturated rings. The van der Waals surface area contributed by atoms with Crippen LogP contribution in [-0.2, 0) is 25.5 Å². The number of aromatic nitrogens is 1. The molecule has 2 heterocycles. The van der Waals surface area contributed by atoms with Gasteiger partial charge in [0.15, 0.2) is 0 Å². The first-order chi connectivity index (χ1) is 14.6. The number of cyclic esters (lactones) is 2. The second-order valence-electron chi connectivity index (χ2n) is 8.57. The van der Waals surface area contributed by atoms with Crippen molar-refractivity contribution in [1.29, 1.82) is 0 Å². The Labute approximate surface area is 190 Å². The van der Waals surface area contributed by atoms with E-state index in [1.165, 1.54) is 6.08 Å². The first-order valence-corrected chi connectivity index (χ1v) is 11.6. The highest BCUT2D eigenvalue weighted by molar-refractivity contribution is 7.09. The number of allylic oxidation sites excluding steroid dienone is 3. The molecule has 0 amide bonds. The lowest BCUT2D eigenvalue weighted by Gasteiger charge is -2.18. The molecular weight excluding hydrogens is 411 g/mol. The molecule has 31 heavy (non-hydrogen) atoms. The summed E-state index contributed by atoms with van der Waals surface area (Å²) < 4.78 is 11.2. The third kappa shape index (κ3) is 9.23. The zero-order valence-electron chi connectivity index (χ0n) is 19.1. The van der Waals surface area contributed by atoms with Gasteiger partial charge in [0.2, 0.25) is 0 Å². The van der Waals surface area contributed by atoms with Crippen molar-refractivity contribution in [3.63, 3.8) is 0 Å². The summed E-state index contributed by atoms with van der Waals surface area (Å²) in [5.74, 6) is -0.578. The molecule has 1 aliphatic rings. The molecule has 0 saturated carbocycles. The Hall–Kier alpha value is -2.19. The van der Waals surface area contributed by atoms with E-state index in [1.807, 2.05) is 46.1 Å². The minimum atomic E-state index is -0.403. The smallest absolute Gasteiger partial charge is 0.331 e. The second-order valence-corrected chi connectivity index (χ2v) is 9.51. The number of thiazole rings is 1. The van der Waals surface area contributed by atoms with E-state index in [0.29, 0.717) is 19.3 Å². The number of carbonyl (C=O) groups is 2. The molecule has 4 atom stereocenters. The first kappa shape index (κ1) is 25.1. The molecule has 2 unspecified atom stereocenters. The van der Waals surface area contributed by atoms with Crippen LogP contribution in [0.25, 0.3) is 0 Å². The van der Waals surface area contributed by atoms with Crippen molar-refractivity contribution in [1.82, 2.24) is 4.98 Å². The Balaban J connectivity index is 2.26. The van der Waals surface area contributed by atoms with Gasteiger partial charge in [-0.2, -0.15) is 0 Å². The quantitative estimate of drug-likeness (QED) is 0.529. The van der Waals surface area contributed by atoms with E-state index in [9.17, 15) is 9.59 Å². The number of esters is 2. The number of rotatable bonds is 1. The van der Waals surface area contributed by atoms with Crippen molar-refractivity contribution in [3.05, 3.63) is 51.4 Å². The normalized spacial score (nSPS) is 30.1. The van der Waals surface area contributed by atoms with Gasteiger partial charge in [0.25, 0.3) is 0 Å². The third-order valence-corrected chi connectivity index (χ3v) is 5.77. The molecule has 168 valence electrons. The predicted octanol–water partition coefficient (Wildman–Crippen LogP) is 3.18. The molecule has 1 aliphatic heterocycles. The number of hydrogen-bond donors (Lipinski definition) is 1. The van der Waals surface area contributed by atoms with Gasteiger partial charge in [-0.05, 0) is 20.3 Å². The highest BCUT2D eigenvalue weighted by atomic mass is 32.1. The average Bonchev–Trinajstić information content (AvgIpc) is 3.08. The zero-order valence-corrected chi connectivity index (χ0v) is 19.9. The molecule has 0 saturated heterocycles. The summed E-state index contributed by atoms with van der Waals surface area (Å²) in [6.07, 6.45) is 8.13. The maximum atomic E-state index is 12.3. The highest BCUT2D eigenvalue weighted by Crippen LogP contribution is 2.25. The van der Waals surface area contributed by atoms with Crippen LogP contribution in [0.15, 0.2) is 40.7 Å². The lowest BCUT2D eigenvalue weighted by Crippen LogP contribution is -2.28. The monoisotopic (exact) mass is 444 g/mol. The van der Waals surface area contributed by atoms with Crippen molar-refractivity contribution >= 4 is 31.1 Å². The maximum Gasteiger partial charge on any atom is 0.331 e. The molecule has 0 aromatic carbocycles. The Morgan fingerprint density at radius 1 is 1.26 bits per heavy atom. The van der Waals surface area contributed by atoms with E-state index < -0.39 is 5.97 Å². The van der Waals surface area contributed by atoms with Crippen LogP contribution in [0.1, 0.15) is 63.6 Å². The van der Waals surface area contributed by atoms with Gasteiger partial charge in [-0.15, -0.1) is 16.8 Å². The van der Waals surface area contributed by atoms with Gasteiger partial charge in [0.1, 0.15) is 20.1 Å². The van der Waals surface area contributed by atoms with Gasteiger partial charge in [0, 0.05) is 36.3 Å². The summed E-state index contributed by atoms with van der Waals surface area (Å²) in [5.41, 5.74) is 9.23. The summed E-state index contributed by atoms with van der Waals surface area (Å²) in [4.78, 5) is 29.3. The van der Waals surface area contributed by atoms with Gasteiger partial charge < -0.3 is 15.2 Å². The molecule has 0 aliphatic carbocycles. The molecule has 0 spiro atoms. The Bertz CT molecular complexity index is 858. The number of hydrogen-bond acceptors (Lipinski definition) is 7. The van der Waals surface area contributed by atoms with E-state index in [1.54, 1.807) is 17.4 Å². The van der Waals surface area contributed by atoms with Crippen LogP contribution in [-0.4, -0.2) is 43.0 Å². The molecule has 1 aromatic heterocycles. The predicted molar refractivity (Wildman–Crippen MR) is 127 cm³/mol. The molecule has 6 nitrogen and oxygen atoms in total. The lowest BCUT2D eigenvalue weighted by atomic mass is 9.95. The van der Waals surface area contributed by atoms with Crippen LogP contribution in [0, 0.1) is 0 Å². The molecule has 2 N–H and O–H groups in total. The molecule has 2 bridgehead atoms. The van der Waals surface area contributed by atoms with Crippen molar-refractivity contribution in [2.75, 3.05) is 0 Å². The SMILES string of the molecule is B/C(C)=C/C1Cc2nc(cs2)[C@@H](C)C[C@@H](N)CC(=O)OC(C)C/C(C)=C/C=C\C(=O)O1. The summed E-state index contributed by atoms with van der Waals surface area (Å²) in [6, 6.07) is -0.291. The summed E-state index contributed by atoms with van der Waals surface area (Å²) in [5, 5.41) is 2.91. The Morgan fingerprint density at radius 3 is 2.71 bits per heavy atom. The maximum absolute atomic E-state index is 12.3. The first-order valence-electron chi connectivity index (χ1n) is 10.7. The van der Waals surface area contributed by atoms with Crippen molar-refractivity contribution in [3.8, 4) is 0 Å². The van der Waals surface area contributed by atoms with E-state index in [-0.39, 0.29) is 36.6 Å². The number of carbonyl (C=O) groups excluding carboxylic acids is 2. The fourth-order valence-electron chi connectivity index (χ4n) is 3.51. The van der Waals surface area contributed by atoms with Crippen LogP contribution in [0.4, 0.5) is 0 Å². The topological polar surface area (TPSA) is 91.5 Å². The van der Waals surface area contributed by atoms with Gasteiger partial charge in [-0.25, -0.2) is 9.78 Å². The number of fused-ring (bicyclic) bond motifs is 2. The largest absolute Gasteiger partial charge is 0.462 e. The summed E-state index contributed by atoms with van der Waals surface area (Å²) in [6.45, 7) is 7.82. The van der Waals surface area contributed by atoms with Crippen molar-refractivity contribution < 1.29 is 19.1 Å². The Morgan fingerprint density at radius 2 is 2.00 bits per heavy atom. The van der Waals surface area contributed by atoms with Crippen LogP contribution in [0.3, 0.4) is 0 Å². The number of nitrogens with two attached hydrogens (primary N) is 1. The summed E-state index contributed by atoms with van der Waals surface area (Å²) >= 11 is 1.55. The van der Waals surface area contributed by atoms with E-state index in [4.69, 9.17) is 20.2 Å². The summed E-state index contributed by atoms with van der Waals surface area (Å²) in [7, 11) is 1.98. The second kappa shape index (κ2) is 12.0. The highest BCUT2D eigenvalue weighted by Gasteiger charge is 2.20. The van der Waals surface area contributed by atoms with Crippen LogP contribution in [0.2, 0.25) is 0 Å². The minimum absolute atomic E-state index is 0.116. The van der Waals surface area contributed by atoms with Gasteiger partial charge >= 0.3 is 11.9 Å². The molecule has 0 radical (unpaired) electrons. The molecule has 8 heteroatoms. The standard InChI is InChI=1S/C23H33BN2O4S/c1-14-6-5-7-22(27)30-19(10-16(3)24)12-21-26-20(13-31-21)15(2)9-18(25)11-23(28)29-17(4)8-14/h5-7,10,13,15,17-19H,8-9,11-12,24-25H2,1-4H3/b7-5-,14-6+,16-10+/t15-,17?,18+,19?/m0/s1. The van der Waals surface area contributed by atoms with Crippen molar-refractivity contribution in [2.45, 2.75) is 77.5 Å². The zero-order chi connectivity index (χ0) is 23.0. The third-order valence-electron chi connectivity index (χ3n) is 4.88. The average molecular weight is 444 g/mol. The fourth-order valence-corrected chi connectivity index (χ4v) is 4.47. The van der Waals surface area contributed by atoms with E-state index in [2.05, 4.69) is 6.92 Å². The fraction of sp³-hybridized carbons (Fsp3) is 0.522. The van der Waals surface area contributed by atoms with Crippen LogP contribution in [0.5, 0.6) is 0 Å². The minimum Gasteiger partial charge on any atom is -0.462 e.